The highest BCUT2D eigenvalue weighted by Gasteiger charge is 2.36. The minimum atomic E-state index is -3.46. The van der Waals surface area contributed by atoms with Gasteiger partial charge in [-0.3, -0.25) is 4.79 Å². The Morgan fingerprint density at radius 2 is 1.79 bits per heavy atom. The summed E-state index contributed by atoms with van der Waals surface area (Å²) in [6, 6.07) is 0. The first-order valence-corrected chi connectivity index (χ1v) is 10.8. The van der Waals surface area contributed by atoms with Gasteiger partial charge in [0.15, 0.2) is 0 Å². The van der Waals surface area contributed by atoms with Gasteiger partial charge < -0.3 is 0 Å². The van der Waals surface area contributed by atoms with E-state index >= 15 is 0 Å². The molecule has 0 unspecified atom stereocenters. The van der Waals surface area contributed by atoms with Crippen LogP contribution in [0.1, 0.15) is 52.4 Å². The molecule has 0 atom stereocenters. The lowest BCUT2D eigenvalue weighted by Gasteiger charge is -2.33. The third-order valence-electron chi connectivity index (χ3n) is 3.23. The Balaban J connectivity index is 2.69. The van der Waals surface area contributed by atoms with Gasteiger partial charge in [0.1, 0.15) is 5.78 Å². The third-order valence-corrected chi connectivity index (χ3v) is 8.92. The molecule has 1 aliphatic rings. The molecule has 0 aromatic rings. The number of rotatable bonds is 9. The molecule has 0 aliphatic carbocycles. The van der Waals surface area contributed by atoms with Crippen molar-refractivity contribution in [2.24, 2.45) is 0 Å². The van der Waals surface area contributed by atoms with Crippen LogP contribution in [-0.2, 0) is 18.5 Å². The molecule has 1 saturated heterocycles. The predicted molar refractivity (Wildman–Crippen MR) is 81.1 cm³/mol. The molecule has 1 fully saturated rings. The number of carbonyl (C=O) groups is 1. The summed E-state index contributed by atoms with van der Waals surface area (Å²) >= 11 is 0. The fraction of sp³-hybridized carbons (Fsp3) is 0.923. The fourth-order valence-corrected chi connectivity index (χ4v) is 8.38. The first kappa shape index (κ1) is 17.0. The number of Topliss-reactive ketones (excluding diaryl/α,β-unsaturated/α-hetero) is 1. The van der Waals surface area contributed by atoms with Crippen LogP contribution in [0.25, 0.3) is 0 Å². The van der Waals surface area contributed by atoms with Crippen molar-refractivity contribution >= 4 is 26.2 Å². The molecule has 0 bridgehead atoms. The van der Waals surface area contributed by atoms with Crippen molar-refractivity contribution in [1.29, 1.82) is 0 Å². The second-order valence-electron chi connectivity index (χ2n) is 5.20. The molecule has 114 valence electrons. The second-order valence-corrected chi connectivity index (χ2v) is 10.3. The summed E-state index contributed by atoms with van der Waals surface area (Å²) in [6.45, 7) is 3.92. The highest BCUT2D eigenvalue weighted by Crippen LogP contribution is 2.56. The second kappa shape index (κ2) is 7.64. The lowest BCUT2D eigenvalue weighted by molar-refractivity contribution is -0.116. The van der Waals surface area contributed by atoms with Gasteiger partial charge in [-0.2, -0.15) is 8.42 Å². The van der Waals surface area contributed by atoms with Crippen LogP contribution in [-0.4, -0.2) is 37.2 Å². The molecular weight excluding hydrogens is 284 g/mol. The Hall–Kier alpha value is -0.0700. The van der Waals surface area contributed by atoms with E-state index in [2.05, 4.69) is 0 Å². The Morgan fingerprint density at radius 3 is 2.32 bits per heavy atom. The first-order chi connectivity index (χ1) is 8.93. The monoisotopic (exact) mass is 310 g/mol. The molecule has 0 amide bonds. The highest BCUT2D eigenvalue weighted by molar-refractivity contribution is 8.33. The summed E-state index contributed by atoms with van der Waals surface area (Å²) in [5.74, 6) is 2.12. The summed E-state index contributed by atoms with van der Waals surface area (Å²) in [7, 11) is -5.17. The number of hydrogen-bond acceptors (Lipinski definition) is 4. The van der Waals surface area contributed by atoms with Crippen molar-refractivity contribution in [2.75, 3.05) is 23.0 Å². The summed E-state index contributed by atoms with van der Waals surface area (Å²) in [4.78, 5) is 11.9. The lowest BCUT2D eigenvalue weighted by atomic mass is 10.3. The van der Waals surface area contributed by atoms with E-state index in [0.29, 0.717) is 18.6 Å². The van der Waals surface area contributed by atoms with Gasteiger partial charge in [0.2, 0.25) is 0 Å². The molecule has 19 heavy (non-hydrogen) atoms. The Kier molecular flexibility index (Phi) is 6.83. The van der Waals surface area contributed by atoms with E-state index in [1.807, 2.05) is 13.8 Å². The maximum absolute atomic E-state index is 12.0. The standard InChI is InChI=1S/C13H26O4S2/c1-3-5-11-19(15,16)17-18(9-6-7-10-18)12-13(14)8-4-2/h3-12H2,1-2H3. The van der Waals surface area contributed by atoms with Crippen molar-refractivity contribution in [1.82, 2.24) is 0 Å². The predicted octanol–water partition coefficient (Wildman–Crippen LogP) is 3.02. The maximum atomic E-state index is 12.0. The van der Waals surface area contributed by atoms with E-state index in [-0.39, 0.29) is 11.5 Å². The Bertz CT molecular complexity index is 383. The molecule has 0 spiro atoms. The summed E-state index contributed by atoms with van der Waals surface area (Å²) in [5.41, 5.74) is 0. The molecule has 4 nitrogen and oxygen atoms in total. The van der Waals surface area contributed by atoms with Gasteiger partial charge in [-0.05, 0) is 25.7 Å². The highest BCUT2D eigenvalue weighted by atomic mass is 32.3. The summed E-state index contributed by atoms with van der Waals surface area (Å²) in [5, 5.41) is 0. The van der Waals surface area contributed by atoms with Crippen molar-refractivity contribution in [3.63, 3.8) is 0 Å². The van der Waals surface area contributed by atoms with Crippen LogP contribution < -0.4 is 0 Å². The minimum absolute atomic E-state index is 0.0835. The van der Waals surface area contributed by atoms with Crippen molar-refractivity contribution in [3.8, 4) is 0 Å². The molecule has 0 N–H and O–H groups in total. The summed E-state index contributed by atoms with van der Waals surface area (Å²) < 4.78 is 29.5. The topological polar surface area (TPSA) is 60.4 Å². The zero-order valence-corrected chi connectivity index (χ0v) is 13.7. The molecular formula is C13H26O4S2. The Labute approximate surface area is 118 Å². The smallest absolute Gasteiger partial charge is 0.276 e. The summed E-state index contributed by atoms with van der Waals surface area (Å²) in [6.07, 6.45) is 4.78. The molecule has 0 saturated carbocycles. The first-order valence-electron chi connectivity index (χ1n) is 7.15. The number of unbranched alkanes of at least 4 members (excludes halogenated alkanes) is 1. The van der Waals surface area contributed by atoms with Crippen LogP contribution in [0.15, 0.2) is 0 Å². The van der Waals surface area contributed by atoms with E-state index < -0.39 is 20.4 Å². The maximum Gasteiger partial charge on any atom is 0.276 e. The lowest BCUT2D eigenvalue weighted by Crippen LogP contribution is -2.22. The average molecular weight is 310 g/mol. The largest absolute Gasteiger partial charge is 0.299 e. The molecule has 0 radical (unpaired) electrons. The van der Waals surface area contributed by atoms with Gasteiger partial charge >= 0.3 is 0 Å². The van der Waals surface area contributed by atoms with Gasteiger partial charge in [-0.15, -0.1) is 10.3 Å². The number of hydrogen-bond donors (Lipinski definition) is 0. The van der Waals surface area contributed by atoms with Gasteiger partial charge in [0.25, 0.3) is 10.1 Å². The van der Waals surface area contributed by atoms with Crippen LogP contribution in [0, 0.1) is 0 Å². The molecule has 1 heterocycles. The van der Waals surface area contributed by atoms with Gasteiger partial charge in [-0.1, -0.05) is 20.3 Å². The zero-order valence-electron chi connectivity index (χ0n) is 12.0. The van der Waals surface area contributed by atoms with Crippen molar-refractivity contribution in [2.45, 2.75) is 52.4 Å². The van der Waals surface area contributed by atoms with E-state index in [0.717, 1.165) is 37.2 Å². The van der Waals surface area contributed by atoms with E-state index in [1.165, 1.54) is 0 Å². The minimum Gasteiger partial charge on any atom is -0.299 e. The average Bonchev–Trinajstić information content (AvgIpc) is 2.74. The molecule has 0 aromatic heterocycles. The van der Waals surface area contributed by atoms with E-state index in [4.69, 9.17) is 3.63 Å². The quantitative estimate of drug-likeness (QED) is 0.657. The fourth-order valence-electron chi connectivity index (χ4n) is 2.29. The SMILES string of the molecule is CCCCS(=O)(=O)OS1(CC(=O)CCC)CCCC1. The van der Waals surface area contributed by atoms with Crippen LogP contribution >= 0.6 is 10.3 Å². The van der Waals surface area contributed by atoms with Crippen molar-refractivity contribution < 1.29 is 16.8 Å². The van der Waals surface area contributed by atoms with Crippen molar-refractivity contribution in [3.05, 3.63) is 0 Å². The van der Waals surface area contributed by atoms with Crippen LogP contribution in [0.2, 0.25) is 0 Å². The molecule has 1 rings (SSSR count). The van der Waals surface area contributed by atoms with Crippen LogP contribution in [0.4, 0.5) is 0 Å². The number of carbonyl (C=O) groups excluding carboxylic acids is 1. The van der Waals surface area contributed by atoms with Gasteiger partial charge in [0.05, 0.1) is 11.5 Å². The Morgan fingerprint density at radius 1 is 1.16 bits per heavy atom. The van der Waals surface area contributed by atoms with Gasteiger partial charge in [-0.25, -0.2) is 3.63 Å². The molecule has 6 heteroatoms. The third kappa shape index (κ3) is 5.83. The van der Waals surface area contributed by atoms with Crippen LogP contribution in [0.3, 0.4) is 0 Å². The number of ketones is 1. The van der Waals surface area contributed by atoms with Gasteiger partial charge in [0, 0.05) is 17.9 Å². The zero-order chi connectivity index (χ0) is 14.4. The molecule has 0 aromatic carbocycles. The normalized spacial score (nSPS) is 20.3. The van der Waals surface area contributed by atoms with E-state index in [9.17, 15) is 13.2 Å². The molecule has 1 aliphatic heterocycles. The van der Waals surface area contributed by atoms with Crippen LogP contribution in [0.5, 0.6) is 0 Å². The van der Waals surface area contributed by atoms with E-state index in [1.54, 1.807) is 0 Å².